The number of ether oxygens (including phenoxy) is 1. The first-order valence-electron chi connectivity index (χ1n) is 6.00. The van der Waals surface area contributed by atoms with E-state index in [1.807, 2.05) is 20.8 Å². The minimum Gasteiger partial charge on any atom is -0.465 e. The van der Waals surface area contributed by atoms with Gasteiger partial charge in [-0.05, 0) is 31.9 Å². The van der Waals surface area contributed by atoms with E-state index in [1.165, 1.54) is 24.0 Å². The summed E-state index contributed by atoms with van der Waals surface area (Å²) in [4.78, 5) is 13.2. The molecular weight excluding hydrogens is 258 g/mol. The van der Waals surface area contributed by atoms with Gasteiger partial charge in [0.2, 0.25) is 0 Å². The van der Waals surface area contributed by atoms with Crippen molar-refractivity contribution in [1.29, 1.82) is 0 Å². The molecule has 0 aliphatic heterocycles. The van der Waals surface area contributed by atoms with Crippen molar-refractivity contribution in [3.63, 3.8) is 0 Å². The molecule has 0 unspecified atom stereocenters. The molecule has 0 amide bonds. The van der Waals surface area contributed by atoms with Gasteiger partial charge in [-0.3, -0.25) is 0 Å². The molecule has 0 saturated heterocycles. The Balaban J connectivity index is 2.66. The van der Waals surface area contributed by atoms with Gasteiger partial charge in [-0.1, -0.05) is 23.8 Å². The van der Waals surface area contributed by atoms with Gasteiger partial charge >= 0.3 is 5.97 Å². The van der Waals surface area contributed by atoms with Gasteiger partial charge < -0.3 is 10.5 Å². The number of hydrogen-bond acceptors (Lipinski definition) is 4. The number of hydrogen-bond donors (Lipinski definition) is 1. The number of methoxy groups -OCH3 is 1. The molecule has 0 aliphatic rings. The molecule has 0 aliphatic carbocycles. The molecule has 2 aromatic rings. The van der Waals surface area contributed by atoms with Crippen molar-refractivity contribution in [2.75, 3.05) is 12.8 Å². The zero-order valence-corrected chi connectivity index (χ0v) is 12.4. The molecule has 0 fully saturated rings. The van der Waals surface area contributed by atoms with Crippen LogP contribution < -0.4 is 5.73 Å². The van der Waals surface area contributed by atoms with E-state index in [0.717, 1.165) is 21.6 Å². The normalized spacial score (nSPS) is 10.5. The summed E-state index contributed by atoms with van der Waals surface area (Å²) in [5.74, 6) is -0.373. The zero-order chi connectivity index (χ0) is 14.2. The van der Waals surface area contributed by atoms with Crippen molar-refractivity contribution in [1.82, 2.24) is 0 Å². The Labute approximate surface area is 117 Å². The Hall–Kier alpha value is -1.81. The Kier molecular flexibility index (Phi) is 3.62. The third kappa shape index (κ3) is 2.36. The molecule has 2 rings (SSSR count). The maximum absolute atomic E-state index is 11.7. The standard InChI is InChI=1S/C15H17NO2S/c1-8-5-6-9(2)11(7-8)12-10(3)19-14(13(12)16)15(17)18-4/h5-7H,16H2,1-4H3. The van der Waals surface area contributed by atoms with Crippen LogP contribution in [0.1, 0.15) is 25.7 Å². The molecule has 2 N–H and O–H groups in total. The fourth-order valence-corrected chi connectivity index (χ4v) is 3.15. The highest BCUT2D eigenvalue weighted by Gasteiger charge is 2.21. The molecule has 19 heavy (non-hydrogen) atoms. The minimum atomic E-state index is -0.373. The third-order valence-corrected chi connectivity index (χ3v) is 4.26. The maximum Gasteiger partial charge on any atom is 0.350 e. The first-order valence-corrected chi connectivity index (χ1v) is 6.82. The number of anilines is 1. The summed E-state index contributed by atoms with van der Waals surface area (Å²) in [6.45, 7) is 6.07. The van der Waals surface area contributed by atoms with Gasteiger partial charge in [0.25, 0.3) is 0 Å². The monoisotopic (exact) mass is 275 g/mol. The van der Waals surface area contributed by atoms with Gasteiger partial charge in [-0.2, -0.15) is 0 Å². The van der Waals surface area contributed by atoms with Crippen LogP contribution in [-0.2, 0) is 4.74 Å². The lowest BCUT2D eigenvalue weighted by molar-refractivity contribution is 0.0607. The number of rotatable bonds is 2. The molecular formula is C15H17NO2S. The molecule has 1 aromatic heterocycles. The molecule has 0 atom stereocenters. The van der Waals surface area contributed by atoms with E-state index >= 15 is 0 Å². The molecule has 0 bridgehead atoms. The fraction of sp³-hybridized carbons (Fsp3) is 0.267. The molecule has 1 aromatic carbocycles. The first kappa shape index (κ1) is 13.6. The van der Waals surface area contributed by atoms with E-state index in [2.05, 4.69) is 18.2 Å². The van der Waals surface area contributed by atoms with Crippen molar-refractivity contribution < 1.29 is 9.53 Å². The highest BCUT2D eigenvalue weighted by molar-refractivity contribution is 7.15. The lowest BCUT2D eigenvalue weighted by Gasteiger charge is -2.08. The Morgan fingerprint density at radius 1 is 1.26 bits per heavy atom. The number of benzene rings is 1. The molecule has 0 radical (unpaired) electrons. The van der Waals surface area contributed by atoms with Gasteiger partial charge in [0.15, 0.2) is 0 Å². The van der Waals surface area contributed by atoms with Crippen molar-refractivity contribution in [2.45, 2.75) is 20.8 Å². The summed E-state index contributed by atoms with van der Waals surface area (Å²) in [5, 5.41) is 0. The molecule has 1 heterocycles. The largest absolute Gasteiger partial charge is 0.465 e. The number of carbonyl (C=O) groups excluding carboxylic acids is 1. The lowest BCUT2D eigenvalue weighted by atomic mass is 9.97. The van der Waals surface area contributed by atoms with Crippen LogP contribution in [0, 0.1) is 20.8 Å². The topological polar surface area (TPSA) is 52.3 Å². The third-order valence-electron chi connectivity index (χ3n) is 3.15. The fourth-order valence-electron chi connectivity index (χ4n) is 2.15. The second-order valence-electron chi connectivity index (χ2n) is 4.59. The number of nitrogens with two attached hydrogens (primary N) is 1. The Bertz CT molecular complexity index is 644. The summed E-state index contributed by atoms with van der Waals surface area (Å²) >= 11 is 1.38. The number of esters is 1. The van der Waals surface area contributed by atoms with Crippen molar-refractivity contribution in [3.8, 4) is 11.1 Å². The second kappa shape index (κ2) is 5.05. The first-order chi connectivity index (χ1) is 8.95. The number of carbonyl (C=O) groups is 1. The van der Waals surface area contributed by atoms with E-state index in [0.29, 0.717) is 10.6 Å². The Morgan fingerprint density at radius 2 is 1.95 bits per heavy atom. The average Bonchev–Trinajstić information content (AvgIpc) is 2.67. The van der Waals surface area contributed by atoms with Gasteiger partial charge in [0.1, 0.15) is 4.88 Å². The predicted octanol–water partition coefficient (Wildman–Crippen LogP) is 3.71. The van der Waals surface area contributed by atoms with Crippen LogP contribution in [0.25, 0.3) is 11.1 Å². The van der Waals surface area contributed by atoms with Gasteiger partial charge in [-0.25, -0.2) is 4.79 Å². The van der Waals surface area contributed by atoms with E-state index in [-0.39, 0.29) is 5.97 Å². The SMILES string of the molecule is COC(=O)c1sc(C)c(-c2cc(C)ccc2C)c1N. The molecule has 0 saturated carbocycles. The molecule has 4 heteroatoms. The number of thiophene rings is 1. The minimum absolute atomic E-state index is 0.373. The summed E-state index contributed by atoms with van der Waals surface area (Å²) in [5.41, 5.74) is 11.0. The summed E-state index contributed by atoms with van der Waals surface area (Å²) < 4.78 is 4.77. The molecule has 100 valence electrons. The molecule has 0 spiro atoms. The van der Waals surface area contributed by atoms with Crippen LogP contribution in [-0.4, -0.2) is 13.1 Å². The van der Waals surface area contributed by atoms with E-state index < -0.39 is 0 Å². The van der Waals surface area contributed by atoms with Crippen LogP contribution in [0.15, 0.2) is 18.2 Å². The smallest absolute Gasteiger partial charge is 0.350 e. The van der Waals surface area contributed by atoms with Crippen LogP contribution in [0.4, 0.5) is 5.69 Å². The summed E-state index contributed by atoms with van der Waals surface area (Å²) in [6.07, 6.45) is 0. The van der Waals surface area contributed by atoms with Gasteiger partial charge in [-0.15, -0.1) is 11.3 Å². The predicted molar refractivity (Wildman–Crippen MR) is 79.7 cm³/mol. The summed E-state index contributed by atoms with van der Waals surface area (Å²) in [7, 11) is 1.37. The van der Waals surface area contributed by atoms with E-state index in [4.69, 9.17) is 10.5 Å². The van der Waals surface area contributed by atoms with Crippen molar-refractivity contribution in [2.24, 2.45) is 0 Å². The maximum atomic E-state index is 11.7. The number of aryl methyl sites for hydroxylation is 3. The van der Waals surface area contributed by atoms with Gasteiger partial charge in [0, 0.05) is 10.4 Å². The van der Waals surface area contributed by atoms with Gasteiger partial charge in [0.05, 0.1) is 12.8 Å². The quantitative estimate of drug-likeness (QED) is 0.850. The van der Waals surface area contributed by atoms with Crippen molar-refractivity contribution >= 4 is 23.0 Å². The van der Waals surface area contributed by atoms with Crippen molar-refractivity contribution in [3.05, 3.63) is 39.1 Å². The Morgan fingerprint density at radius 3 is 2.58 bits per heavy atom. The summed E-state index contributed by atoms with van der Waals surface area (Å²) in [6, 6.07) is 6.23. The highest BCUT2D eigenvalue weighted by atomic mass is 32.1. The average molecular weight is 275 g/mol. The van der Waals surface area contributed by atoms with E-state index in [1.54, 1.807) is 0 Å². The van der Waals surface area contributed by atoms with Crippen LogP contribution in [0.2, 0.25) is 0 Å². The van der Waals surface area contributed by atoms with Crippen LogP contribution >= 0.6 is 11.3 Å². The van der Waals surface area contributed by atoms with Crippen LogP contribution in [0.3, 0.4) is 0 Å². The molecule has 3 nitrogen and oxygen atoms in total. The number of nitrogen functional groups attached to an aromatic ring is 1. The zero-order valence-electron chi connectivity index (χ0n) is 11.5. The second-order valence-corrected chi connectivity index (χ2v) is 5.81. The van der Waals surface area contributed by atoms with E-state index in [9.17, 15) is 4.79 Å². The van der Waals surface area contributed by atoms with Crippen LogP contribution in [0.5, 0.6) is 0 Å². The highest BCUT2D eigenvalue weighted by Crippen LogP contribution is 2.40. The lowest BCUT2D eigenvalue weighted by Crippen LogP contribution is -2.02.